The Morgan fingerprint density at radius 2 is 2.02 bits per heavy atom. The smallest absolute Gasteiger partial charge is 0.249 e. The van der Waals surface area contributed by atoms with E-state index in [1.54, 1.807) is 17.9 Å². The van der Waals surface area contributed by atoms with Crippen LogP contribution in [0.3, 0.4) is 0 Å². The van der Waals surface area contributed by atoms with Crippen molar-refractivity contribution >= 4 is 17.5 Å². The summed E-state index contributed by atoms with van der Waals surface area (Å²) in [6.45, 7) is 0.907. The fourth-order valence-electron chi connectivity index (χ4n) is 6.50. The van der Waals surface area contributed by atoms with Crippen LogP contribution in [0, 0.1) is 11.6 Å². The molecule has 4 heterocycles. The minimum Gasteiger partial charge on any atom is -0.485 e. The third kappa shape index (κ3) is 3.50. The van der Waals surface area contributed by atoms with Crippen LogP contribution in [0.15, 0.2) is 48.7 Å². The van der Waals surface area contributed by atoms with Crippen LogP contribution in [0.4, 0.5) is 8.78 Å². The van der Waals surface area contributed by atoms with Crippen molar-refractivity contribution in [2.24, 2.45) is 12.8 Å². The van der Waals surface area contributed by atoms with E-state index < -0.39 is 23.1 Å². The van der Waals surface area contributed by atoms with E-state index in [1.165, 1.54) is 12.1 Å². The van der Waals surface area contributed by atoms with Gasteiger partial charge in [-0.05, 0) is 31.0 Å². The molecular weight excluding hydrogens is 538 g/mol. The van der Waals surface area contributed by atoms with Gasteiger partial charge in [-0.1, -0.05) is 41.9 Å². The summed E-state index contributed by atoms with van der Waals surface area (Å²) >= 11 is 6.61. The number of ether oxygens (including phenoxy) is 2. The third-order valence-electron chi connectivity index (χ3n) is 8.28. The first-order valence-electron chi connectivity index (χ1n) is 13.1. The first kappa shape index (κ1) is 25.0. The molecule has 1 amide bonds. The van der Waals surface area contributed by atoms with Crippen LogP contribution in [0.1, 0.15) is 39.9 Å². The molecule has 0 saturated carbocycles. The lowest BCUT2D eigenvalue weighted by Crippen LogP contribution is -2.48. The SMILES string of the molecule is Cn1ncc2c1-c1cc(C(N)=O)c(-c3c(Cl)c(F)cc4c3C[C@](c3ccccc3)([C@@H]3CCCN3)O4)c(F)c1OC2. The number of carbonyl (C=O) groups excluding carboxylic acids is 1. The number of hydrogen-bond donors (Lipinski definition) is 2. The molecule has 0 spiro atoms. The van der Waals surface area contributed by atoms with Crippen molar-refractivity contribution in [3.8, 4) is 33.9 Å². The number of rotatable bonds is 4. The Bertz CT molecular complexity index is 1700. The number of aryl methyl sites for hydroxylation is 1. The first-order chi connectivity index (χ1) is 19.3. The van der Waals surface area contributed by atoms with Gasteiger partial charge in [0, 0.05) is 47.4 Å². The number of nitrogens with two attached hydrogens (primary N) is 1. The van der Waals surface area contributed by atoms with Crippen molar-refractivity contribution in [2.45, 2.75) is 37.5 Å². The van der Waals surface area contributed by atoms with Gasteiger partial charge in [0.05, 0.1) is 28.5 Å². The molecule has 204 valence electrons. The second kappa shape index (κ2) is 9.04. The molecule has 0 radical (unpaired) electrons. The van der Waals surface area contributed by atoms with E-state index in [4.69, 9.17) is 26.8 Å². The fourth-order valence-corrected chi connectivity index (χ4v) is 6.76. The van der Waals surface area contributed by atoms with Crippen molar-refractivity contribution < 1.29 is 23.0 Å². The third-order valence-corrected chi connectivity index (χ3v) is 8.65. The summed E-state index contributed by atoms with van der Waals surface area (Å²) in [5.41, 5.74) is 7.73. The number of halogens is 3. The van der Waals surface area contributed by atoms with E-state index in [-0.39, 0.29) is 52.3 Å². The average molecular weight is 563 g/mol. The van der Waals surface area contributed by atoms with Crippen molar-refractivity contribution in [3.05, 3.63) is 87.6 Å². The van der Waals surface area contributed by atoms with Crippen LogP contribution < -0.4 is 20.5 Å². The maximum atomic E-state index is 16.6. The molecule has 3 aromatic carbocycles. The molecule has 0 aliphatic carbocycles. The normalized spacial score (nSPS) is 20.9. The summed E-state index contributed by atoms with van der Waals surface area (Å²) in [5.74, 6) is -2.34. The minimum atomic E-state index is -0.885. The second-order valence-corrected chi connectivity index (χ2v) is 10.9. The average Bonchev–Trinajstić information content (AvgIpc) is 3.70. The lowest BCUT2D eigenvalue weighted by atomic mass is 9.80. The summed E-state index contributed by atoms with van der Waals surface area (Å²) in [6, 6.07) is 12.3. The van der Waals surface area contributed by atoms with Gasteiger partial charge in [0.15, 0.2) is 17.2 Å². The maximum Gasteiger partial charge on any atom is 0.249 e. The van der Waals surface area contributed by atoms with Crippen LogP contribution in [0.5, 0.6) is 11.5 Å². The van der Waals surface area contributed by atoms with Crippen LogP contribution in [0.25, 0.3) is 22.4 Å². The Balaban J connectivity index is 1.48. The zero-order valence-electron chi connectivity index (χ0n) is 21.6. The Kier molecular flexibility index (Phi) is 5.66. The number of aromatic nitrogens is 2. The highest BCUT2D eigenvalue weighted by Crippen LogP contribution is 2.53. The zero-order valence-corrected chi connectivity index (χ0v) is 22.3. The summed E-state index contributed by atoms with van der Waals surface area (Å²) in [6.07, 6.45) is 3.71. The van der Waals surface area contributed by atoms with E-state index >= 15 is 8.78 Å². The lowest BCUT2D eigenvalue weighted by Gasteiger charge is -2.35. The van der Waals surface area contributed by atoms with Gasteiger partial charge in [0.2, 0.25) is 5.91 Å². The number of nitrogens with one attached hydrogen (secondary N) is 1. The number of carbonyl (C=O) groups is 1. The van der Waals surface area contributed by atoms with Crippen LogP contribution in [0.2, 0.25) is 5.02 Å². The molecule has 40 heavy (non-hydrogen) atoms. The molecule has 4 aromatic rings. The predicted octanol–water partition coefficient (Wildman–Crippen LogP) is 5.26. The number of benzene rings is 3. The van der Waals surface area contributed by atoms with Gasteiger partial charge in [-0.3, -0.25) is 9.48 Å². The van der Waals surface area contributed by atoms with Crippen molar-refractivity contribution in [1.29, 1.82) is 0 Å². The number of amides is 1. The van der Waals surface area contributed by atoms with Crippen molar-refractivity contribution in [2.75, 3.05) is 6.54 Å². The topological polar surface area (TPSA) is 91.4 Å². The molecular formula is C30H25ClF2N4O3. The van der Waals surface area contributed by atoms with Gasteiger partial charge in [-0.25, -0.2) is 8.78 Å². The number of primary amides is 1. The minimum absolute atomic E-state index is 0.0426. The lowest BCUT2D eigenvalue weighted by molar-refractivity contribution is 0.0539. The largest absolute Gasteiger partial charge is 0.485 e. The zero-order chi connectivity index (χ0) is 27.8. The predicted molar refractivity (Wildman–Crippen MR) is 145 cm³/mol. The molecule has 0 bridgehead atoms. The molecule has 3 N–H and O–H groups in total. The molecule has 10 heteroatoms. The molecule has 1 saturated heterocycles. The molecule has 7 rings (SSSR count). The van der Waals surface area contributed by atoms with Crippen molar-refractivity contribution in [3.63, 3.8) is 0 Å². The van der Waals surface area contributed by atoms with Gasteiger partial charge in [0.25, 0.3) is 0 Å². The Labute approximate surface area is 233 Å². The molecule has 1 fully saturated rings. The summed E-state index contributed by atoms with van der Waals surface area (Å²) < 4.78 is 46.1. The standard InChI is InChI=1S/C30H25ClF2N4O3/c1-37-27-15(13-36-37)14-39-28-18(27)10-17(29(34)38)24(26(28)33)23-19-12-30(22-8-5-9-35-22,16-6-3-2-4-7-16)40-21(19)11-20(32)25(23)31/h2-4,6-7,10-11,13,22,35H,5,8-9,12,14H2,1H3,(H2,34,38)/t22-,30-/m0/s1. The summed E-state index contributed by atoms with van der Waals surface area (Å²) in [7, 11) is 1.72. The molecule has 7 nitrogen and oxygen atoms in total. The van der Waals surface area contributed by atoms with Crippen molar-refractivity contribution in [1.82, 2.24) is 15.1 Å². The molecule has 3 aliphatic rings. The quantitative estimate of drug-likeness (QED) is 0.354. The van der Waals surface area contributed by atoms with E-state index in [2.05, 4.69) is 10.4 Å². The van der Waals surface area contributed by atoms with Gasteiger partial charge in [-0.15, -0.1) is 0 Å². The van der Waals surface area contributed by atoms with Crippen LogP contribution in [-0.2, 0) is 25.7 Å². The van der Waals surface area contributed by atoms with E-state index in [1.807, 2.05) is 30.3 Å². The Morgan fingerprint density at radius 1 is 1.23 bits per heavy atom. The van der Waals surface area contributed by atoms with Gasteiger partial charge in [0.1, 0.15) is 18.2 Å². The summed E-state index contributed by atoms with van der Waals surface area (Å²) in [5, 5.41) is 7.45. The monoisotopic (exact) mass is 562 g/mol. The number of nitrogens with zero attached hydrogens (tertiary/aromatic N) is 2. The van der Waals surface area contributed by atoms with Crippen LogP contribution in [-0.4, -0.2) is 28.3 Å². The maximum absolute atomic E-state index is 16.6. The molecule has 3 aliphatic heterocycles. The molecule has 0 unspecified atom stereocenters. The van der Waals surface area contributed by atoms with Gasteiger partial charge < -0.3 is 20.5 Å². The summed E-state index contributed by atoms with van der Waals surface area (Å²) in [4.78, 5) is 12.8. The first-order valence-corrected chi connectivity index (χ1v) is 13.5. The number of hydrogen-bond acceptors (Lipinski definition) is 5. The van der Waals surface area contributed by atoms with E-state index in [0.717, 1.165) is 30.5 Å². The van der Waals surface area contributed by atoms with Crippen LogP contribution >= 0.6 is 11.6 Å². The van der Waals surface area contributed by atoms with Gasteiger partial charge in [-0.2, -0.15) is 5.10 Å². The highest BCUT2D eigenvalue weighted by molar-refractivity contribution is 6.34. The Hall–Kier alpha value is -3.95. The van der Waals surface area contributed by atoms with Gasteiger partial charge >= 0.3 is 0 Å². The second-order valence-electron chi connectivity index (χ2n) is 10.5. The fraction of sp³-hybridized carbons (Fsp3) is 0.267. The Morgan fingerprint density at radius 3 is 2.75 bits per heavy atom. The molecule has 2 atom stereocenters. The highest BCUT2D eigenvalue weighted by Gasteiger charge is 2.50. The van der Waals surface area contributed by atoms with E-state index in [0.29, 0.717) is 16.8 Å². The highest BCUT2D eigenvalue weighted by atomic mass is 35.5. The van der Waals surface area contributed by atoms with E-state index in [9.17, 15) is 4.79 Å². The number of fused-ring (bicyclic) bond motifs is 4. The molecule has 1 aromatic heterocycles.